The second-order valence-electron chi connectivity index (χ2n) is 8.71. The first-order valence-corrected chi connectivity index (χ1v) is 11.5. The zero-order valence-corrected chi connectivity index (χ0v) is 19.8. The Labute approximate surface area is 216 Å². The van der Waals surface area contributed by atoms with Gasteiger partial charge in [-0.2, -0.15) is 24.1 Å². The number of halogens is 5. The largest absolute Gasteiger partial charge is 0.383 e. The molecule has 39 heavy (non-hydrogen) atoms. The molecular formula is C27H16F5N7. The molecule has 0 bridgehead atoms. The average Bonchev–Trinajstić information content (AvgIpc) is 3.26. The topological polar surface area (TPSA) is 109 Å². The number of fused-ring (bicyclic) bond motifs is 2. The molecule has 3 aromatic carbocycles. The van der Waals surface area contributed by atoms with Gasteiger partial charge in [-0.25, -0.2) is 22.5 Å². The Bertz CT molecular complexity index is 1910. The van der Waals surface area contributed by atoms with E-state index >= 15 is 0 Å². The van der Waals surface area contributed by atoms with Gasteiger partial charge in [-0.05, 0) is 42.5 Å². The fraction of sp³-hybridized carbons (Fsp3) is 0.0370. The summed E-state index contributed by atoms with van der Waals surface area (Å²) < 4.78 is 72.8. The summed E-state index contributed by atoms with van der Waals surface area (Å²) >= 11 is 0. The van der Waals surface area contributed by atoms with Gasteiger partial charge in [0.15, 0.2) is 11.6 Å². The van der Waals surface area contributed by atoms with Crippen LogP contribution in [0.2, 0.25) is 0 Å². The molecule has 0 atom stereocenters. The molecule has 3 aromatic heterocycles. The van der Waals surface area contributed by atoms with Crippen LogP contribution in [0.15, 0.2) is 60.7 Å². The lowest BCUT2D eigenvalue weighted by molar-refractivity contribution is 0.482. The predicted octanol–water partition coefficient (Wildman–Crippen LogP) is 5.48. The summed E-state index contributed by atoms with van der Waals surface area (Å²) in [5.41, 5.74) is 12.5. The molecule has 6 rings (SSSR count). The van der Waals surface area contributed by atoms with Crippen molar-refractivity contribution in [2.45, 2.75) is 6.42 Å². The van der Waals surface area contributed by atoms with Crippen LogP contribution in [-0.2, 0) is 6.42 Å². The zero-order chi connectivity index (χ0) is 27.4. The van der Waals surface area contributed by atoms with Gasteiger partial charge in [-0.3, -0.25) is 0 Å². The van der Waals surface area contributed by atoms with Crippen molar-refractivity contribution in [1.29, 1.82) is 0 Å². The van der Waals surface area contributed by atoms with Gasteiger partial charge in [0.25, 0.3) is 5.95 Å². The molecule has 0 aliphatic heterocycles. The number of rotatable bonds is 4. The van der Waals surface area contributed by atoms with E-state index in [-0.39, 0.29) is 45.3 Å². The number of nitrogens with zero attached hydrogens (tertiary/aromatic N) is 5. The first-order valence-electron chi connectivity index (χ1n) is 11.5. The molecule has 0 saturated carbocycles. The molecule has 0 spiro atoms. The molecule has 12 heteroatoms. The van der Waals surface area contributed by atoms with Crippen LogP contribution < -0.4 is 11.5 Å². The summed E-state index contributed by atoms with van der Waals surface area (Å²) in [6.07, 6.45) is -0.501. The molecule has 0 aliphatic carbocycles. The highest BCUT2D eigenvalue weighted by atomic mass is 19.2. The molecule has 0 aliphatic rings. The van der Waals surface area contributed by atoms with Crippen LogP contribution in [0.1, 0.15) is 11.3 Å². The van der Waals surface area contributed by atoms with Crippen LogP contribution in [-0.4, -0.2) is 24.7 Å². The number of para-hydroxylation sites is 1. The van der Waals surface area contributed by atoms with E-state index in [1.807, 2.05) is 0 Å². The van der Waals surface area contributed by atoms with Gasteiger partial charge in [0.1, 0.15) is 23.3 Å². The number of pyridine rings is 1. The van der Waals surface area contributed by atoms with E-state index in [1.165, 1.54) is 12.1 Å². The lowest BCUT2D eigenvalue weighted by Gasteiger charge is -2.12. The number of nitrogens with two attached hydrogens (primary N) is 2. The third-order valence-corrected chi connectivity index (χ3v) is 6.29. The maximum atomic E-state index is 14.9. The fourth-order valence-electron chi connectivity index (χ4n) is 4.46. The lowest BCUT2D eigenvalue weighted by Crippen LogP contribution is -2.11. The highest BCUT2D eigenvalue weighted by Crippen LogP contribution is 2.34. The SMILES string of the molecule is Nc1nc(-n2nc(Cc3c(F)ccc(F)c3F)c3cc(F)ccc32)nc(N)c1-c1cc2ccccc2nc1F. The van der Waals surface area contributed by atoms with Crippen molar-refractivity contribution in [3.63, 3.8) is 0 Å². The van der Waals surface area contributed by atoms with Gasteiger partial charge in [-0.15, -0.1) is 0 Å². The Kier molecular flexibility index (Phi) is 5.60. The Morgan fingerprint density at radius 2 is 1.49 bits per heavy atom. The van der Waals surface area contributed by atoms with E-state index in [9.17, 15) is 22.0 Å². The summed E-state index contributed by atoms with van der Waals surface area (Å²) in [6, 6.07) is 13.5. The van der Waals surface area contributed by atoms with Crippen molar-refractivity contribution in [2.75, 3.05) is 11.5 Å². The van der Waals surface area contributed by atoms with E-state index in [1.54, 1.807) is 24.3 Å². The van der Waals surface area contributed by atoms with Gasteiger partial charge in [0, 0.05) is 28.3 Å². The Hall–Kier alpha value is -5.13. The van der Waals surface area contributed by atoms with Crippen LogP contribution in [0.5, 0.6) is 0 Å². The molecule has 194 valence electrons. The van der Waals surface area contributed by atoms with Crippen LogP contribution in [0.3, 0.4) is 0 Å². The fourth-order valence-corrected chi connectivity index (χ4v) is 4.46. The van der Waals surface area contributed by atoms with Crippen molar-refractivity contribution < 1.29 is 22.0 Å². The maximum absolute atomic E-state index is 14.9. The number of benzene rings is 3. The van der Waals surface area contributed by atoms with E-state index in [4.69, 9.17) is 11.5 Å². The van der Waals surface area contributed by atoms with Gasteiger partial charge < -0.3 is 11.5 Å². The van der Waals surface area contributed by atoms with Crippen molar-refractivity contribution in [1.82, 2.24) is 24.7 Å². The second kappa shape index (κ2) is 9.01. The van der Waals surface area contributed by atoms with Crippen LogP contribution >= 0.6 is 0 Å². The van der Waals surface area contributed by atoms with Gasteiger partial charge in [-0.1, -0.05) is 18.2 Å². The quantitative estimate of drug-likeness (QED) is 0.177. The molecule has 3 heterocycles. The number of hydrogen-bond acceptors (Lipinski definition) is 6. The minimum Gasteiger partial charge on any atom is -0.383 e. The summed E-state index contributed by atoms with van der Waals surface area (Å²) in [4.78, 5) is 12.4. The van der Waals surface area contributed by atoms with Gasteiger partial charge in [0.05, 0.1) is 22.3 Å². The molecule has 4 N–H and O–H groups in total. The van der Waals surface area contributed by atoms with Crippen LogP contribution in [0, 0.1) is 29.2 Å². The monoisotopic (exact) mass is 533 g/mol. The molecule has 0 saturated heterocycles. The highest BCUT2D eigenvalue weighted by molar-refractivity contribution is 5.90. The molecule has 0 fully saturated rings. The van der Waals surface area contributed by atoms with E-state index in [0.29, 0.717) is 17.0 Å². The number of nitrogen functional groups attached to an aromatic ring is 2. The molecule has 7 nitrogen and oxygen atoms in total. The zero-order valence-electron chi connectivity index (χ0n) is 19.8. The van der Waals surface area contributed by atoms with E-state index < -0.39 is 41.2 Å². The summed E-state index contributed by atoms with van der Waals surface area (Å²) in [6.45, 7) is 0. The van der Waals surface area contributed by atoms with E-state index in [2.05, 4.69) is 20.1 Å². The lowest BCUT2D eigenvalue weighted by atomic mass is 10.1. The molecule has 6 aromatic rings. The smallest absolute Gasteiger partial charge is 0.255 e. The highest BCUT2D eigenvalue weighted by Gasteiger charge is 2.23. The first-order chi connectivity index (χ1) is 18.7. The number of aromatic nitrogens is 5. The average molecular weight is 533 g/mol. The van der Waals surface area contributed by atoms with Crippen molar-refractivity contribution >= 4 is 33.4 Å². The number of anilines is 2. The first kappa shape index (κ1) is 24.2. The molecule has 0 amide bonds. The van der Waals surface area contributed by atoms with Crippen molar-refractivity contribution in [2.24, 2.45) is 0 Å². The van der Waals surface area contributed by atoms with Gasteiger partial charge >= 0.3 is 0 Å². The maximum Gasteiger partial charge on any atom is 0.255 e. The second-order valence-corrected chi connectivity index (χ2v) is 8.71. The molecule has 0 radical (unpaired) electrons. The molecule has 0 unspecified atom stereocenters. The van der Waals surface area contributed by atoms with Crippen LogP contribution in [0.25, 0.3) is 38.9 Å². The Morgan fingerprint density at radius 1 is 0.769 bits per heavy atom. The molecular weight excluding hydrogens is 517 g/mol. The minimum atomic E-state index is -1.38. The standard InChI is InChI=1S/C27H16F5N7/c28-13-5-8-21-15(10-13)20(11-14-17(29)6-7-18(30)23(14)31)38-39(21)27-36-25(33)22(26(34)37-27)16-9-12-3-1-2-4-19(12)35-24(16)32/h1-10H,11H2,(H4,33,34,36,37). The van der Waals surface area contributed by atoms with E-state index in [0.717, 1.165) is 22.9 Å². The number of hydrogen-bond donors (Lipinski definition) is 2. The van der Waals surface area contributed by atoms with Crippen molar-refractivity contribution in [3.05, 3.63) is 101 Å². The summed E-state index contributed by atoms with van der Waals surface area (Å²) in [5.74, 6) is -5.63. The summed E-state index contributed by atoms with van der Waals surface area (Å²) in [5, 5.41) is 5.13. The third kappa shape index (κ3) is 4.06. The van der Waals surface area contributed by atoms with Crippen LogP contribution in [0.4, 0.5) is 33.6 Å². The Balaban J connectivity index is 1.50. The third-order valence-electron chi connectivity index (χ3n) is 6.29. The minimum absolute atomic E-state index is 0.0135. The Morgan fingerprint density at radius 3 is 2.26 bits per heavy atom. The van der Waals surface area contributed by atoms with Gasteiger partial charge in [0.2, 0.25) is 5.95 Å². The normalized spacial score (nSPS) is 11.5. The summed E-state index contributed by atoms with van der Waals surface area (Å²) in [7, 11) is 0. The van der Waals surface area contributed by atoms with Crippen molar-refractivity contribution in [3.8, 4) is 17.1 Å². The predicted molar refractivity (Wildman–Crippen MR) is 135 cm³/mol.